The Morgan fingerprint density at radius 2 is 0.812 bits per heavy atom. The Morgan fingerprint density at radius 1 is 0.500 bits per heavy atom. The Labute approximate surface area is 194 Å². The lowest BCUT2D eigenvalue weighted by atomic mass is 9.88. The third-order valence-electron chi connectivity index (χ3n) is 6.07. The lowest BCUT2D eigenvalue weighted by Crippen LogP contribution is -2.03. The normalized spacial score (nSPS) is 11.6. The average molecular weight is 425 g/mol. The van der Waals surface area contributed by atoms with Gasteiger partial charge in [0, 0.05) is 25.3 Å². The predicted molar refractivity (Wildman–Crippen MR) is 141 cm³/mol. The van der Waals surface area contributed by atoms with Crippen molar-refractivity contribution in [1.29, 1.82) is 0 Å². The second-order valence-electron chi connectivity index (χ2n) is 8.03. The zero-order valence-corrected chi connectivity index (χ0v) is 20.1. The van der Waals surface area contributed by atoms with E-state index in [-0.39, 0.29) is 0 Å². The molecule has 0 saturated carbocycles. The van der Waals surface area contributed by atoms with Crippen LogP contribution in [-0.2, 0) is 38.5 Å². The third-order valence-corrected chi connectivity index (χ3v) is 6.07. The minimum atomic E-state index is 0.854. The highest BCUT2D eigenvalue weighted by Gasteiger charge is 2.19. The number of nitrogens with zero attached hydrogens (tertiary/aromatic N) is 2. The van der Waals surface area contributed by atoms with E-state index in [9.17, 15) is 0 Å². The molecule has 0 amide bonds. The molecule has 0 unspecified atom stereocenters. The van der Waals surface area contributed by atoms with Crippen LogP contribution in [0.3, 0.4) is 0 Å². The van der Waals surface area contributed by atoms with Gasteiger partial charge in [0.15, 0.2) is 0 Å². The molecule has 0 heterocycles. The van der Waals surface area contributed by atoms with Crippen molar-refractivity contribution in [2.75, 3.05) is 0 Å². The molecule has 0 aromatic heterocycles. The minimum Gasteiger partial charge on any atom is -0.260 e. The molecular formula is C30H36N2. The molecule has 0 saturated heterocycles. The summed E-state index contributed by atoms with van der Waals surface area (Å²) in [6, 6.07) is 21.1. The van der Waals surface area contributed by atoms with Crippen molar-refractivity contribution >= 4 is 23.8 Å². The Kier molecular flexibility index (Phi) is 8.98. The highest BCUT2D eigenvalue weighted by atomic mass is 14.8. The highest BCUT2D eigenvalue weighted by Crippen LogP contribution is 2.40. The van der Waals surface area contributed by atoms with Crippen LogP contribution in [0.4, 0.5) is 11.4 Å². The van der Waals surface area contributed by atoms with Crippen LogP contribution in [0, 0.1) is 0 Å². The second-order valence-corrected chi connectivity index (χ2v) is 8.03. The fourth-order valence-corrected chi connectivity index (χ4v) is 4.48. The molecule has 2 nitrogen and oxygen atoms in total. The zero-order valence-electron chi connectivity index (χ0n) is 20.1. The van der Waals surface area contributed by atoms with Crippen LogP contribution in [0.25, 0.3) is 0 Å². The molecule has 32 heavy (non-hydrogen) atoms. The molecule has 166 valence electrons. The Hall–Kier alpha value is -3.00. The van der Waals surface area contributed by atoms with Crippen LogP contribution in [0.15, 0.2) is 70.6 Å². The smallest absolute Gasteiger partial charge is 0.0696 e. The molecule has 0 aliphatic heterocycles. The third kappa shape index (κ3) is 5.62. The molecular weight excluding hydrogens is 388 g/mol. The largest absolute Gasteiger partial charge is 0.260 e. The van der Waals surface area contributed by atoms with Gasteiger partial charge in [-0.3, -0.25) is 9.98 Å². The molecule has 0 fully saturated rings. The van der Waals surface area contributed by atoms with E-state index in [2.05, 4.69) is 101 Å². The summed E-state index contributed by atoms with van der Waals surface area (Å²) in [6.07, 6.45) is 9.76. The number of benzene rings is 3. The van der Waals surface area contributed by atoms with E-state index >= 15 is 0 Å². The SMILES string of the molecule is CCc1c(CC)c(/N=C/Cc2ccccc2)c(CC)c(CC)c1/N=C/Cc1ccccc1. The first kappa shape index (κ1) is 23.7. The first-order valence-electron chi connectivity index (χ1n) is 12.1. The Morgan fingerprint density at radius 3 is 1.09 bits per heavy atom. The van der Waals surface area contributed by atoms with E-state index in [0.29, 0.717) is 0 Å². The minimum absolute atomic E-state index is 0.854. The molecule has 3 aromatic carbocycles. The molecule has 0 spiro atoms. The van der Waals surface area contributed by atoms with Gasteiger partial charge in [-0.25, -0.2) is 0 Å². The summed E-state index contributed by atoms with van der Waals surface area (Å²) in [5, 5.41) is 0. The summed E-state index contributed by atoms with van der Waals surface area (Å²) in [6.45, 7) is 8.97. The first-order valence-corrected chi connectivity index (χ1v) is 12.1. The van der Waals surface area contributed by atoms with Gasteiger partial charge in [0.1, 0.15) is 0 Å². The van der Waals surface area contributed by atoms with Gasteiger partial charge in [-0.05, 0) is 59.1 Å². The van der Waals surface area contributed by atoms with Crippen LogP contribution in [-0.4, -0.2) is 12.4 Å². The van der Waals surface area contributed by atoms with Gasteiger partial charge in [-0.2, -0.15) is 0 Å². The van der Waals surface area contributed by atoms with Crippen LogP contribution in [0.1, 0.15) is 61.1 Å². The number of rotatable bonds is 10. The fraction of sp³-hybridized carbons (Fsp3) is 0.333. The van der Waals surface area contributed by atoms with Gasteiger partial charge in [-0.15, -0.1) is 0 Å². The molecule has 0 atom stereocenters. The summed E-state index contributed by atoms with van der Waals surface area (Å²) >= 11 is 0. The summed E-state index contributed by atoms with van der Waals surface area (Å²) in [4.78, 5) is 10.1. The standard InChI is InChI=1S/C30H36N2/c1-5-25-26(6-2)30(32-22-20-24-17-13-10-14-18-24)28(8-4)27(7-3)29(25)31-21-19-23-15-11-9-12-16-23/h9-18,21-22H,5-8,19-20H2,1-4H3/b31-21+,32-22+. The molecule has 3 rings (SSSR count). The maximum atomic E-state index is 5.05. The number of hydrogen-bond acceptors (Lipinski definition) is 2. The van der Waals surface area contributed by atoms with Gasteiger partial charge >= 0.3 is 0 Å². The molecule has 0 radical (unpaired) electrons. The monoisotopic (exact) mass is 424 g/mol. The maximum Gasteiger partial charge on any atom is 0.0696 e. The van der Waals surface area contributed by atoms with Crippen molar-refractivity contribution in [2.24, 2.45) is 9.98 Å². The van der Waals surface area contributed by atoms with E-state index < -0.39 is 0 Å². The maximum absolute atomic E-state index is 5.05. The number of hydrogen-bond donors (Lipinski definition) is 0. The summed E-state index contributed by atoms with van der Waals surface area (Å²) in [5.41, 5.74) is 10.4. The summed E-state index contributed by atoms with van der Waals surface area (Å²) in [5.74, 6) is 0. The number of aliphatic imine (C=N–C) groups is 2. The lowest BCUT2D eigenvalue weighted by Gasteiger charge is -2.21. The molecule has 2 heteroatoms. The van der Waals surface area contributed by atoms with E-state index in [1.54, 1.807) is 0 Å². The molecule has 3 aromatic rings. The van der Waals surface area contributed by atoms with Crippen molar-refractivity contribution in [3.63, 3.8) is 0 Å². The highest BCUT2D eigenvalue weighted by molar-refractivity contribution is 5.78. The van der Waals surface area contributed by atoms with Gasteiger partial charge < -0.3 is 0 Å². The molecule has 0 aliphatic rings. The van der Waals surface area contributed by atoms with Crippen LogP contribution < -0.4 is 0 Å². The zero-order chi connectivity index (χ0) is 22.8. The van der Waals surface area contributed by atoms with Crippen molar-refractivity contribution in [2.45, 2.75) is 66.2 Å². The summed E-state index contributed by atoms with van der Waals surface area (Å²) in [7, 11) is 0. The predicted octanol–water partition coefficient (Wildman–Crippen LogP) is 7.83. The van der Waals surface area contributed by atoms with E-state index in [1.165, 1.54) is 44.8 Å². The topological polar surface area (TPSA) is 24.7 Å². The van der Waals surface area contributed by atoms with Gasteiger partial charge in [-0.1, -0.05) is 88.4 Å². The molecule has 0 N–H and O–H groups in total. The first-order chi connectivity index (χ1) is 15.7. The van der Waals surface area contributed by atoms with Crippen LogP contribution in [0.2, 0.25) is 0 Å². The van der Waals surface area contributed by atoms with Crippen molar-refractivity contribution in [3.8, 4) is 0 Å². The van der Waals surface area contributed by atoms with E-state index in [1.807, 2.05) is 0 Å². The Bertz CT molecular complexity index is 928. The fourth-order valence-electron chi connectivity index (χ4n) is 4.48. The van der Waals surface area contributed by atoms with Crippen molar-refractivity contribution in [3.05, 3.63) is 94.0 Å². The molecule has 0 aliphatic carbocycles. The second kappa shape index (κ2) is 12.1. The van der Waals surface area contributed by atoms with Crippen LogP contribution >= 0.6 is 0 Å². The van der Waals surface area contributed by atoms with Gasteiger partial charge in [0.25, 0.3) is 0 Å². The lowest BCUT2D eigenvalue weighted by molar-refractivity contribution is 0.969. The Balaban J connectivity index is 2.02. The summed E-state index contributed by atoms with van der Waals surface area (Å²) < 4.78 is 0. The average Bonchev–Trinajstić information content (AvgIpc) is 2.84. The van der Waals surface area contributed by atoms with Crippen LogP contribution in [0.5, 0.6) is 0 Å². The van der Waals surface area contributed by atoms with E-state index in [4.69, 9.17) is 9.98 Å². The van der Waals surface area contributed by atoms with Crippen molar-refractivity contribution in [1.82, 2.24) is 0 Å². The molecule has 0 bridgehead atoms. The van der Waals surface area contributed by atoms with Gasteiger partial charge in [0.05, 0.1) is 11.4 Å². The van der Waals surface area contributed by atoms with E-state index in [0.717, 1.165) is 38.5 Å². The quantitative estimate of drug-likeness (QED) is 0.296. The van der Waals surface area contributed by atoms with Gasteiger partial charge in [0.2, 0.25) is 0 Å². The van der Waals surface area contributed by atoms with Crippen molar-refractivity contribution < 1.29 is 0 Å².